The normalized spacial score (nSPS) is 14.0. The third-order valence-electron chi connectivity index (χ3n) is 3.98. The number of carbonyl (C=O) groups excluding carboxylic acids is 3. The number of hydrogen-bond donors (Lipinski definition) is 1. The summed E-state index contributed by atoms with van der Waals surface area (Å²) in [5.74, 6) is -2.00. The van der Waals surface area contributed by atoms with Gasteiger partial charge in [0, 0.05) is 5.69 Å². The lowest BCUT2D eigenvalue weighted by Crippen LogP contribution is -2.33. The van der Waals surface area contributed by atoms with E-state index in [1.807, 2.05) is 19.1 Å². The molecule has 1 heterocycles. The molecule has 0 atom stereocenters. The average Bonchev–Trinajstić information content (AvgIpc) is 2.86. The van der Waals surface area contributed by atoms with E-state index in [1.54, 1.807) is 24.3 Å². The summed E-state index contributed by atoms with van der Waals surface area (Å²) in [7, 11) is 1.23. The molecule has 0 fully saturated rings. The number of nitrogens with zero attached hydrogens (tertiary/aromatic N) is 1. The number of halogens is 1. The molecule has 2 aromatic carbocycles. The number of imide groups is 1. The van der Waals surface area contributed by atoms with Gasteiger partial charge in [-0.05, 0) is 30.7 Å². The second kappa shape index (κ2) is 7.01. The zero-order chi connectivity index (χ0) is 18.8. The minimum absolute atomic E-state index is 0.0364. The molecule has 1 aliphatic rings. The van der Waals surface area contributed by atoms with Gasteiger partial charge in [-0.25, -0.2) is 9.69 Å². The van der Waals surface area contributed by atoms with Crippen molar-refractivity contribution in [1.29, 1.82) is 0 Å². The van der Waals surface area contributed by atoms with Gasteiger partial charge in [-0.3, -0.25) is 9.59 Å². The van der Waals surface area contributed by atoms with E-state index in [1.165, 1.54) is 19.2 Å². The van der Waals surface area contributed by atoms with Crippen LogP contribution in [0.3, 0.4) is 0 Å². The van der Waals surface area contributed by atoms with E-state index in [9.17, 15) is 14.4 Å². The van der Waals surface area contributed by atoms with Crippen molar-refractivity contribution in [2.24, 2.45) is 0 Å². The van der Waals surface area contributed by atoms with Gasteiger partial charge in [0.05, 0.1) is 18.4 Å². The van der Waals surface area contributed by atoms with Crippen LogP contribution in [0.25, 0.3) is 0 Å². The van der Waals surface area contributed by atoms with Gasteiger partial charge in [0.15, 0.2) is 0 Å². The maximum Gasteiger partial charge on any atom is 0.339 e. The fourth-order valence-electron chi connectivity index (χ4n) is 2.63. The summed E-state index contributed by atoms with van der Waals surface area (Å²) < 4.78 is 4.72. The zero-order valence-electron chi connectivity index (χ0n) is 14.1. The molecule has 0 saturated carbocycles. The van der Waals surface area contributed by atoms with Crippen molar-refractivity contribution in [1.82, 2.24) is 0 Å². The molecule has 0 saturated heterocycles. The molecule has 0 aliphatic carbocycles. The van der Waals surface area contributed by atoms with Gasteiger partial charge in [-0.2, -0.15) is 0 Å². The fraction of sp³-hybridized carbons (Fsp3) is 0.105. The number of methoxy groups -OCH3 is 1. The van der Waals surface area contributed by atoms with Gasteiger partial charge in [0.25, 0.3) is 11.8 Å². The Morgan fingerprint density at radius 2 is 1.69 bits per heavy atom. The van der Waals surface area contributed by atoms with Gasteiger partial charge in [-0.1, -0.05) is 41.9 Å². The summed E-state index contributed by atoms with van der Waals surface area (Å²) in [5.41, 5.74) is 1.72. The minimum Gasteiger partial charge on any atom is -0.465 e. The Balaban J connectivity index is 2.00. The van der Waals surface area contributed by atoms with E-state index in [2.05, 4.69) is 5.32 Å². The molecule has 0 unspecified atom stereocenters. The van der Waals surface area contributed by atoms with Crippen molar-refractivity contribution in [2.75, 3.05) is 17.3 Å². The maximum atomic E-state index is 12.9. The Morgan fingerprint density at radius 1 is 1.04 bits per heavy atom. The molecule has 2 amide bonds. The molecule has 2 aromatic rings. The number of benzene rings is 2. The highest BCUT2D eigenvalue weighted by Gasteiger charge is 2.40. The van der Waals surface area contributed by atoms with E-state index >= 15 is 0 Å². The highest BCUT2D eigenvalue weighted by atomic mass is 35.5. The largest absolute Gasteiger partial charge is 0.465 e. The second-order valence-corrected chi connectivity index (χ2v) is 5.96. The Kier molecular flexibility index (Phi) is 4.77. The molecule has 3 rings (SSSR count). The molecule has 1 aliphatic heterocycles. The minimum atomic E-state index is -0.705. The molecule has 132 valence electrons. The molecule has 6 nitrogen and oxygen atoms in total. The number of ether oxygens (including phenoxy) is 1. The van der Waals surface area contributed by atoms with E-state index in [0.29, 0.717) is 5.69 Å². The van der Waals surface area contributed by atoms with E-state index in [0.717, 1.165) is 10.5 Å². The van der Waals surface area contributed by atoms with Crippen LogP contribution in [-0.2, 0) is 14.3 Å². The van der Waals surface area contributed by atoms with Crippen LogP contribution < -0.4 is 10.2 Å². The molecule has 0 radical (unpaired) electrons. The Morgan fingerprint density at radius 3 is 2.38 bits per heavy atom. The Bertz CT molecular complexity index is 952. The number of hydrogen-bond acceptors (Lipinski definition) is 5. The first-order valence-corrected chi connectivity index (χ1v) is 8.12. The van der Waals surface area contributed by atoms with Crippen molar-refractivity contribution in [3.8, 4) is 0 Å². The molecule has 0 aromatic heterocycles. The van der Waals surface area contributed by atoms with Crippen LogP contribution >= 0.6 is 11.6 Å². The Hall–Kier alpha value is -3.12. The van der Waals surface area contributed by atoms with Crippen molar-refractivity contribution in [3.05, 3.63) is 70.4 Å². The number of aryl methyl sites for hydroxylation is 1. The molecule has 26 heavy (non-hydrogen) atoms. The van der Waals surface area contributed by atoms with Crippen LogP contribution in [-0.4, -0.2) is 24.9 Å². The predicted molar refractivity (Wildman–Crippen MR) is 98.0 cm³/mol. The summed E-state index contributed by atoms with van der Waals surface area (Å²) in [4.78, 5) is 38.3. The lowest BCUT2D eigenvalue weighted by molar-refractivity contribution is -0.120. The number of rotatable bonds is 4. The number of esters is 1. The van der Waals surface area contributed by atoms with Gasteiger partial charge in [0.1, 0.15) is 10.7 Å². The van der Waals surface area contributed by atoms with Crippen LogP contribution in [0.15, 0.2) is 59.3 Å². The molecule has 1 N–H and O–H groups in total. The fourth-order valence-corrected chi connectivity index (χ4v) is 2.84. The van der Waals surface area contributed by atoms with E-state index in [-0.39, 0.29) is 22.0 Å². The van der Waals surface area contributed by atoms with Gasteiger partial charge >= 0.3 is 5.97 Å². The van der Waals surface area contributed by atoms with Crippen LogP contribution in [0.2, 0.25) is 0 Å². The van der Waals surface area contributed by atoms with Crippen molar-refractivity contribution >= 4 is 40.8 Å². The summed E-state index contributed by atoms with van der Waals surface area (Å²) in [6, 6.07) is 13.5. The SMILES string of the molecule is COC(=O)c1ccccc1N1C(=O)C(Cl)=C(Nc2ccccc2C)C1=O. The molecular weight excluding hydrogens is 356 g/mol. The number of anilines is 2. The van der Waals surface area contributed by atoms with Crippen LogP contribution in [0, 0.1) is 6.92 Å². The first-order chi connectivity index (χ1) is 12.5. The van der Waals surface area contributed by atoms with Crippen molar-refractivity contribution < 1.29 is 19.1 Å². The van der Waals surface area contributed by atoms with Crippen molar-refractivity contribution in [3.63, 3.8) is 0 Å². The topological polar surface area (TPSA) is 75.7 Å². The van der Waals surface area contributed by atoms with Gasteiger partial charge in [0.2, 0.25) is 0 Å². The van der Waals surface area contributed by atoms with Crippen molar-refractivity contribution in [2.45, 2.75) is 6.92 Å². The summed E-state index contributed by atoms with van der Waals surface area (Å²) in [6.45, 7) is 1.86. The molecule has 0 bridgehead atoms. The second-order valence-electron chi connectivity index (χ2n) is 5.58. The highest BCUT2D eigenvalue weighted by Crippen LogP contribution is 2.32. The first kappa shape index (κ1) is 17.7. The highest BCUT2D eigenvalue weighted by molar-refractivity contribution is 6.53. The number of amides is 2. The predicted octanol–water partition coefficient (Wildman–Crippen LogP) is 3.22. The number of carbonyl (C=O) groups is 3. The van der Waals surface area contributed by atoms with Gasteiger partial charge < -0.3 is 10.1 Å². The molecule has 7 heteroatoms. The maximum absolute atomic E-state index is 12.9. The Labute approximate surface area is 155 Å². The van der Waals surface area contributed by atoms with E-state index in [4.69, 9.17) is 16.3 Å². The standard InChI is InChI=1S/C19H15ClN2O4/c1-11-7-3-5-9-13(11)21-16-15(20)17(23)22(18(16)24)14-10-6-4-8-12(14)19(25)26-2/h3-10,21H,1-2H3. The quantitative estimate of drug-likeness (QED) is 0.660. The summed E-state index contributed by atoms with van der Waals surface area (Å²) in [6.07, 6.45) is 0. The van der Waals surface area contributed by atoms with E-state index < -0.39 is 17.8 Å². The molecule has 0 spiro atoms. The lowest BCUT2D eigenvalue weighted by Gasteiger charge is -2.18. The summed E-state index contributed by atoms with van der Waals surface area (Å²) >= 11 is 6.13. The smallest absolute Gasteiger partial charge is 0.339 e. The third kappa shape index (κ3) is 2.95. The van der Waals surface area contributed by atoms with Crippen LogP contribution in [0.5, 0.6) is 0 Å². The number of para-hydroxylation sites is 2. The number of nitrogens with one attached hydrogen (secondary N) is 1. The first-order valence-electron chi connectivity index (χ1n) is 7.74. The summed E-state index contributed by atoms with van der Waals surface area (Å²) in [5, 5.41) is 2.68. The van der Waals surface area contributed by atoms with Gasteiger partial charge in [-0.15, -0.1) is 0 Å². The third-order valence-corrected chi connectivity index (χ3v) is 4.33. The monoisotopic (exact) mass is 370 g/mol. The zero-order valence-corrected chi connectivity index (χ0v) is 14.8. The van der Waals surface area contributed by atoms with Crippen LogP contribution in [0.1, 0.15) is 15.9 Å². The lowest BCUT2D eigenvalue weighted by atomic mass is 10.1. The van der Waals surface area contributed by atoms with Crippen LogP contribution in [0.4, 0.5) is 11.4 Å². The average molecular weight is 371 g/mol. The molecular formula is C19H15ClN2O4.